The number of rotatable bonds is 4. The third-order valence-electron chi connectivity index (χ3n) is 2.15. The van der Waals surface area contributed by atoms with E-state index in [0.29, 0.717) is 0 Å². The standard InChI is InChI=1S/C12H18FN3O2S/c1-12(2,3)7-19(17,18)16-8-4-5-10(13)9(6-8)11(14)15/h4-6,16H,7H2,1-3H3,(H3,14,15). The van der Waals surface area contributed by atoms with Crippen LogP contribution in [0.15, 0.2) is 18.2 Å². The molecule has 5 nitrogen and oxygen atoms in total. The molecule has 0 saturated carbocycles. The van der Waals surface area contributed by atoms with Crippen molar-refractivity contribution < 1.29 is 12.8 Å². The van der Waals surface area contributed by atoms with Gasteiger partial charge in [-0.1, -0.05) is 20.8 Å². The number of nitrogens with two attached hydrogens (primary N) is 1. The van der Waals surface area contributed by atoms with Gasteiger partial charge in [-0.3, -0.25) is 10.1 Å². The third kappa shape index (κ3) is 4.86. The molecule has 0 bridgehead atoms. The van der Waals surface area contributed by atoms with Gasteiger partial charge in [0.1, 0.15) is 11.7 Å². The summed E-state index contributed by atoms with van der Waals surface area (Å²) in [6, 6.07) is 3.57. The summed E-state index contributed by atoms with van der Waals surface area (Å²) in [4.78, 5) is 0. The van der Waals surface area contributed by atoms with Crippen molar-refractivity contribution >= 4 is 21.5 Å². The predicted octanol–water partition coefficient (Wildman–Crippen LogP) is 1.90. The van der Waals surface area contributed by atoms with E-state index in [-0.39, 0.29) is 17.0 Å². The van der Waals surface area contributed by atoms with E-state index in [4.69, 9.17) is 11.1 Å². The van der Waals surface area contributed by atoms with Gasteiger partial charge in [0.2, 0.25) is 10.0 Å². The van der Waals surface area contributed by atoms with Crippen LogP contribution in [-0.2, 0) is 10.0 Å². The Hall–Kier alpha value is -1.63. The zero-order valence-electron chi connectivity index (χ0n) is 11.1. The lowest BCUT2D eigenvalue weighted by Crippen LogP contribution is -2.26. The molecule has 0 aliphatic heterocycles. The Balaban J connectivity index is 3.01. The molecule has 0 atom stereocenters. The minimum absolute atomic E-state index is 0.0627. The van der Waals surface area contributed by atoms with Crippen LogP contribution in [0.5, 0.6) is 0 Å². The van der Waals surface area contributed by atoms with E-state index in [1.807, 2.05) is 0 Å². The van der Waals surface area contributed by atoms with Crippen LogP contribution in [0.1, 0.15) is 26.3 Å². The highest BCUT2D eigenvalue weighted by Gasteiger charge is 2.21. The molecule has 0 fully saturated rings. The quantitative estimate of drug-likeness (QED) is 0.583. The molecule has 0 heterocycles. The molecule has 0 aliphatic rings. The maximum absolute atomic E-state index is 13.3. The van der Waals surface area contributed by atoms with Gasteiger partial charge < -0.3 is 5.73 Å². The van der Waals surface area contributed by atoms with Gasteiger partial charge in [-0.15, -0.1) is 0 Å². The van der Waals surface area contributed by atoms with E-state index in [1.54, 1.807) is 20.8 Å². The molecule has 0 aromatic heterocycles. The fourth-order valence-electron chi connectivity index (χ4n) is 1.58. The molecule has 0 saturated heterocycles. The molecule has 0 radical (unpaired) electrons. The summed E-state index contributed by atoms with van der Waals surface area (Å²) in [7, 11) is -3.53. The van der Waals surface area contributed by atoms with Crippen molar-refractivity contribution in [2.75, 3.05) is 10.5 Å². The Bertz CT molecular complexity index is 591. The second-order valence-electron chi connectivity index (χ2n) is 5.53. The van der Waals surface area contributed by atoms with Crippen LogP contribution < -0.4 is 10.5 Å². The van der Waals surface area contributed by atoms with Gasteiger partial charge in [0.05, 0.1) is 11.3 Å². The van der Waals surface area contributed by atoms with E-state index in [1.165, 1.54) is 12.1 Å². The summed E-state index contributed by atoms with van der Waals surface area (Å²) in [5, 5.41) is 7.21. The van der Waals surface area contributed by atoms with Gasteiger partial charge in [-0.25, -0.2) is 12.8 Å². The lowest BCUT2D eigenvalue weighted by atomic mass is 10.0. The zero-order chi connectivity index (χ0) is 14.8. The van der Waals surface area contributed by atoms with Crippen LogP contribution in [0.3, 0.4) is 0 Å². The maximum atomic E-state index is 13.3. The zero-order valence-corrected chi connectivity index (χ0v) is 11.9. The largest absolute Gasteiger partial charge is 0.384 e. The van der Waals surface area contributed by atoms with Gasteiger partial charge in [0.15, 0.2) is 0 Å². The second kappa shape index (κ2) is 5.16. The maximum Gasteiger partial charge on any atom is 0.233 e. The summed E-state index contributed by atoms with van der Waals surface area (Å²) in [6.07, 6.45) is 0. The first-order chi connectivity index (χ1) is 8.50. The molecular weight excluding hydrogens is 269 g/mol. The van der Waals surface area contributed by atoms with Crippen molar-refractivity contribution in [2.24, 2.45) is 11.1 Å². The molecule has 1 aromatic carbocycles. The molecule has 19 heavy (non-hydrogen) atoms. The highest BCUT2D eigenvalue weighted by atomic mass is 32.2. The summed E-state index contributed by atoms with van der Waals surface area (Å²) >= 11 is 0. The number of nitrogens with one attached hydrogen (secondary N) is 2. The van der Waals surface area contributed by atoms with Crippen molar-refractivity contribution in [3.05, 3.63) is 29.6 Å². The van der Waals surface area contributed by atoms with Crippen molar-refractivity contribution in [1.82, 2.24) is 0 Å². The number of nitrogen functional groups attached to an aromatic ring is 1. The number of halogens is 1. The first-order valence-electron chi connectivity index (χ1n) is 5.65. The van der Waals surface area contributed by atoms with Crippen LogP contribution >= 0.6 is 0 Å². The molecule has 0 aliphatic carbocycles. The van der Waals surface area contributed by atoms with E-state index in [0.717, 1.165) is 6.07 Å². The molecular formula is C12H18FN3O2S. The third-order valence-corrected chi connectivity index (χ3v) is 3.95. The summed E-state index contributed by atoms with van der Waals surface area (Å²) in [5.74, 6) is -1.17. The molecule has 4 N–H and O–H groups in total. The lowest BCUT2D eigenvalue weighted by molar-refractivity contribution is 0.463. The number of amidine groups is 1. The highest BCUT2D eigenvalue weighted by molar-refractivity contribution is 7.92. The fraction of sp³-hybridized carbons (Fsp3) is 0.417. The Morgan fingerprint density at radius 3 is 2.47 bits per heavy atom. The van der Waals surface area contributed by atoms with E-state index in [2.05, 4.69) is 4.72 Å². The van der Waals surface area contributed by atoms with E-state index < -0.39 is 27.1 Å². The summed E-state index contributed by atoms with van der Waals surface area (Å²) in [6.45, 7) is 5.41. The van der Waals surface area contributed by atoms with Crippen LogP contribution in [0, 0.1) is 16.6 Å². The van der Waals surface area contributed by atoms with Crippen molar-refractivity contribution in [1.29, 1.82) is 5.41 Å². The van der Waals surface area contributed by atoms with Crippen molar-refractivity contribution in [2.45, 2.75) is 20.8 Å². The van der Waals surface area contributed by atoms with Gasteiger partial charge in [0, 0.05) is 5.69 Å². The second-order valence-corrected chi connectivity index (χ2v) is 7.25. The Labute approximate surface area is 112 Å². The molecule has 1 aromatic rings. The number of sulfonamides is 1. The van der Waals surface area contributed by atoms with Gasteiger partial charge in [0.25, 0.3) is 0 Å². The first-order valence-corrected chi connectivity index (χ1v) is 7.30. The topological polar surface area (TPSA) is 96.0 Å². The normalized spacial score (nSPS) is 12.2. The van der Waals surface area contributed by atoms with E-state index in [9.17, 15) is 12.8 Å². The fourth-order valence-corrected chi connectivity index (χ4v) is 3.28. The number of hydrogen-bond donors (Lipinski definition) is 3. The molecule has 7 heteroatoms. The molecule has 1 rings (SSSR count). The van der Waals surface area contributed by atoms with Crippen LogP contribution in [0.2, 0.25) is 0 Å². The summed E-state index contributed by atoms with van der Waals surface area (Å²) < 4.78 is 39.5. The Morgan fingerprint density at radius 1 is 1.42 bits per heavy atom. The van der Waals surface area contributed by atoms with Crippen LogP contribution in [0.4, 0.5) is 10.1 Å². The monoisotopic (exact) mass is 287 g/mol. The Kier molecular flexibility index (Phi) is 4.19. The van der Waals surface area contributed by atoms with Crippen LogP contribution in [0.25, 0.3) is 0 Å². The minimum atomic E-state index is -3.53. The number of anilines is 1. The van der Waals surface area contributed by atoms with Gasteiger partial charge >= 0.3 is 0 Å². The SMILES string of the molecule is CC(C)(C)CS(=O)(=O)Nc1ccc(F)c(C(=N)N)c1. The van der Waals surface area contributed by atoms with Gasteiger partial charge in [-0.05, 0) is 23.6 Å². The smallest absolute Gasteiger partial charge is 0.233 e. The predicted molar refractivity (Wildman–Crippen MR) is 74.3 cm³/mol. The first kappa shape index (κ1) is 15.4. The van der Waals surface area contributed by atoms with E-state index >= 15 is 0 Å². The average molecular weight is 287 g/mol. The molecule has 0 unspecified atom stereocenters. The molecule has 106 valence electrons. The Morgan fingerprint density at radius 2 is 2.00 bits per heavy atom. The number of benzene rings is 1. The average Bonchev–Trinajstić information content (AvgIpc) is 2.16. The van der Waals surface area contributed by atoms with Crippen molar-refractivity contribution in [3.8, 4) is 0 Å². The summed E-state index contributed by atoms with van der Waals surface area (Å²) in [5.41, 5.74) is 4.88. The minimum Gasteiger partial charge on any atom is -0.384 e. The lowest BCUT2D eigenvalue weighted by Gasteiger charge is -2.19. The number of hydrogen-bond acceptors (Lipinski definition) is 3. The van der Waals surface area contributed by atoms with Gasteiger partial charge in [-0.2, -0.15) is 0 Å². The molecule has 0 spiro atoms. The molecule has 0 amide bonds. The van der Waals surface area contributed by atoms with Crippen LogP contribution in [-0.4, -0.2) is 20.0 Å². The van der Waals surface area contributed by atoms with Crippen molar-refractivity contribution in [3.63, 3.8) is 0 Å². The highest BCUT2D eigenvalue weighted by Crippen LogP contribution is 2.20.